The molecule has 0 atom stereocenters. The first kappa shape index (κ1) is 33.0. The molecular formula is C42H55N5. The van der Waals surface area contributed by atoms with Crippen molar-refractivity contribution in [1.82, 2.24) is 5.32 Å². The average molecular weight is 630 g/mol. The summed E-state index contributed by atoms with van der Waals surface area (Å²) < 4.78 is 0. The normalized spacial score (nSPS) is 15.9. The summed E-state index contributed by atoms with van der Waals surface area (Å²) in [5.74, 6) is 0. The van der Waals surface area contributed by atoms with Gasteiger partial charge in [0.15, 0.2) is 12.6 Å². The minimum Gasteiger partial charge on any atom is -0.337 e. The van der Waals surface area contributed by atoms with Crippen LogP contribution in [0.4, 0.5) is 22.7 Å². The number of hydrogen-bond donors (Lipinski definition) is 1. The Labute approximate surface area is 284 Å². The molecular weight excluding hydrogens is 574 g/mol. The summed E-state index contributed by atoms with van der Waals surface area (Å²) >= 11 is 0. The average Bonchev–Trinajstić information content (AvgIpc) is 3.51. The highest BCUT2D eigenvalue weighted by Crippen LogP contribution is 2.39. The summed E-state index contributed by atoms with van der Waals surface area (Å²) in [6.45, 7) is 30.9. The van der Waals surface area contributed by atoms with E-state index in [1.54, 1.807) is 0 Å². The van der Waals surface area contributed by atoms with Gasteiger partial charge in [0.1, 0.15) is 0 Å². The van der Waals surface area contributed by atoms with E-state index in [0.29, 0.717) is 0 Å². The lowest BCUT2D eigenvalue weighted by molar-refractivity contribution is 0.439. The molecule has 2 heterocycles. The van der Waals surface area contributed by atoms with Crippen molar-refractivity contribution in [2.45, 2.75) is 95.7 Å². The summed E-state index contributed by atoms with van der Waals surface area (Å²) in [5, 5.41) is 4.35. The Morgan fingerprint density at radius 2 is 0.511 bits per heavy atom. The summed E-state index contributed by atoms with van der Waals surface area (Å²) in [7, 11) is 0. The molecule has 0 aliphatic carbocycles. The third-order valence-corrected chi connectivity index (χ3v) is 10.3. The van der Waals surface area contributed by atoms with Gasteiger partial charge in [-0.2, -0.15) is 0 Å². The predicted octanol–water partition coefficient (Wildman–Crippen LogP) is 8.90. The maximum absolute atomic E-state index is 4.35. The minimum atomic E-state index is -0.0413. The third kappa shape index (κ3) is 5.99. The summed E-state index contributed by atoms with van der Waals surface area (Å²) in [4.78, 5) is 10.6. The van der Waals surface area contributed by atoms with Crippen molar-refractivity contribution >= 4 is 22.7 Å². The van der Waals surface area contributed by atoms with Gasteiger partial charge >= 0.3 is 0 Å². The second kappa shape index (κ2) is 12.6. The smallest absolute Gasteiger partial charge is 0.161 e. The van der Waals surface area contributed by atoms with Crippen LogP contribution in [0.2, 0.25) is 0 Å². The Kier molecular flexibility index (Phi) is 8.82. The van der Waals surface area contributed by atoms with Crippen LogP contribution in [0, 0.1) is 83.1 Å². The molecule has 2 aliphatic heterocycles. The Bertz CT molecular complexity index is 1480. The van der Waals surface area contributed by atoms with Gasteiger partial charge in [0.05, 0.1) is 0 Å². The van der Waals surface area contributed by atoms with Gasteiger partial charge in [-0.05, 0) is 128 Å². The molecule has 0 unspecified atom stereocenters. The van der Waals surface area contributed by atoms with E-state index in [9.17, 15) is 0 Å². The molecule has 0 aromatic heterocycles. The molecule has 2 fully saturated rings. The van der Waals surface area contributed by atoms with E-state index in [-0.39, 0.29) is 12.6 Å². The zero-order valence-electron chi connectivity index (χ0n) is 30.9. The highest BCUT2D eigenvalue weighted by Gasteiger charge is 2.42. The van der Waals surface area contributed by atoms with E-state index >= 15 is 0 Å². The standard InChI is InChI=1S/C42H55N5/c1-25-17-29(5)37(30(6)18-25)44-13-14-45(38-31(7)19-26(2)20-32(38)8)41(44)43-42-46(39-33(9)21-27(3)22-34(39)10)15-16-47(42)40-35(11)23-28(4)24-36(40)12/h17-24,41-43H,13-16H2,1-12H3. The molecule has 1 N–H and O–H groups in total. The molecule has 2 saturated heterocycles. The molecule has 5 nitrogen and oxygen atoms in total. The number of hydrogen-bond acceptors (Lipinski definition) is 5. The van der Waals surface area contributed by atoms with Crippen LogP contribution in [0.25, 0.3) is 0 Å². The molecule has 47 heavy (non-hydrogen) atoms. The number of benzene rings is 4. The van der Waals surface area contributed by atoms with Gasteiger partial charge in [0.2, 0.25) is 0 Å². The fourth-order valence-corrected chi connectivity index (χ4v) is 9.19. The van der Waals surface area contributed by atoms with Crippen molar-refractivity contribution < 1.29 is 0 Å². The quantitative estimate of drug-likeness (QED) is 0.230. The first-order valence-electron chi connectivity index (χ1n) is 17.4. The number of aryl methyl sites for hydroxylation is 12. The van der Waals surface area contributed by atoms with Crippen LogP contribution >= 0.6 is 0 Å². The molecule has 0 amide bonds. The maximum atomic E-state index is 4.35. The zero-order valence-corrected chi connectivity index (χ0v) is 30.9. The lowest BCUT2D eigenvalue weighted by Gasteiger charge is -2.43. The highest BCUT2D eigenvalue weighted by atomic mass is 15.6. The first-order chi connectivity index (χ1) is 22.2. The molecule has 0 saturated carbocycles. The zero-order chi connectivity index (χ0) is 33.9. The SMILES string of the molecule is Cc1cc(C)c(N2CCN(c3c(C)cc(C)cc3C)C2NC2N(c3c(C)cc(C)cc3C)CCN2c2c(C)cc(C)cc2C)c(C)c1. The number of nitrogens with zero attached hydrogens (tertiary/aromatic N) is 4. The van der Waals surface area contributed by atoms with E-state index in [2.05, 4.69) is 157 Å². The fourth-order valence-electron chi connectivity index (χ4n) is 9.19. The van der Waals surface area contributed by atoms with Gasteiger partial charge in [-0.1, -0.05) is 70.8 Å². The lowest BCUT2D eigenvalue weighted by Crippen LogP contribution is -2.62. The Hall–Kier alpha value is -3.96. The van der Waals surface area contributed by atoms with Crippen molar-refractivity contribution in [1.29, 1.82) is 0 Å². The van der Waals surface area contributed by atoms with E-state index in [1.807, 2.05) is 0 Å². The third-order valence-electron chi connectivity index (χ3n) is 10.3. The summed E-state index contributed by atoms with van der Waals surface area (Å²) in [5.41, 5.74) is 21.4. The summed E-state index contributed by atoms with van der Waals surface area (Å²) in [6.07, 6.45) is -0.0825. The molecule has 0 bridgehead atoms. The minimum absolute atomic E-state index is 0.0413. The predicted molar refractivity (Wildman–Crippen MR) is 203 cm³/mol. The Morgan fingerprint density at radius 3 is 0.681 bits per heavy atom. The van der Waals surface area contributed by atoms with E-state index in [1.165, 1.54) is 89.5 Å². The second-order valence-corrected chi connectivity index (χ2v) is 14.7. The van der Waals surface area contributed by atoms with E-state index < -0.39 is 0 Å². The fraction of sp³-hybridized carbons (Fsp3) is 0.429. The molecule has 0 radical (unpaired) electrons. The Balaban J connectivity index is 1.54. The van der Waals surface area contributed by atoms with Crippen molar-refractivity contribution in [3.05, 3.63) is 115 Å². The molecule has 248 valence electrons. The molecule has 0 spiro atoms. The van der Waals surface area contributed by atoms with Gasteiger partial charge in [0, 0.05) is 48.9 Å². The molecule has 4 aromatic rings. The molecule has 5 heteroatoms. The van der Waals surface area contributed by atoms with Gasteiger partial charge in [-0.3, -0.25) is 0 Å². The highest BCUT2D eigenvalue weighted by molar-refractivity contribution is 5.70. The van der Waals surface area contributed by atoms with Crippen molar-refractivity contribution in [3.8, 4) is 0 Å². The molecule has 2 aliphatic rings. The van der Waals surface area contributed by atoms with Crippen LogP contribution < -0.4 is 24.9 Å². The van der Waals surface area contributed by atoms with Crippen LogP contribution in [-0.4, -0.2) is 38.8 Å². The second-order valence-electron chi connectivity index (χ2n) is 14.7. The first-order valence-corrected chi connectivity index (χ1v) is 17.4. The van der Waals surface area contributed by atoms with Gasteiger partial charge < -0.3 is 19.6 Å². The number of anilines is 4. The number of nitrogens with one attached hydrogen (secondary N) is 1. The number of rotatable bonds is 6. The summed E-state index contributed by atoms with van der Waals surface area (Å²) in [6, 6.07) is 18.8. The van der Waals surface area contributed by atoms with Crippen LogP contribution in [0.5, 0.6) is 0 Å². The van der Waals surface area contributed by atoms with Crippen LogP contribution in [0.3, 0.4) is 0 Å². The molecule has 4 aromatic carbocycles. The van der Waals surface area contributed by atoms with Gasteiger partial charge in [-0.25, -0.2) is 5.32 Å². The molecule has 6 rings (SSSR count). The lowest BCUT2D eigenvalue weighted by atomic mass is 10.0. The van der Waals surface area contributed by atoms with Crippen LogP contribution in [0.15, 0.2) is 48.5 Å². The monoisotopic (exact) mass is 629 g/mol. The van der Waals surface area contributed by atoms with Gasteiger partial charge in [0.25, 0.3) is 0 Å². The van der Waals surface area contributed by atoms with E-state index in [4.69, 9.17) is 0 Å². The largest absolute Gasteiger partial charge is 0.337 e. The van der Waals surface area contributed by atoms with Crippen molar-refractivity contribution in [2.24, 2.45) is 0 Å². The van der Waals surface area contributed by atoms with Crippen LogP contribution in [-0.2, 0) is 0 Å². The maximum Gasteiger partial charge on any atom is 0.161 e. The van der Waals surface area contributed by atoms with Gasteiger partial charge in [-0.15, -0.1) is 0 Å². The Morgan fingerprint density at radius 1 is 0.340 bits per heavy atom. The van der Waals surface area contributed by atoms with Crippen molar-refractivity contribution in [3.63, 3.8) is 0 Å². The topological polar surface area (TPSA) is 25.0 Å². The van der Waals surface area contributed by atoms with Crippen LogP contribution in [0.1, 0.15) is 66.8 Å². The van der Waals surface area contributed by atoms with Crippen molar-refractivity contribution in [2.75, 3.05) is 45.8 Å². The van der Waals surface area contributed by atoms with E-state index in [0.717, 1.165) is 26.2 Å².